The fraction of sp³-hybridized carbons (Fsp3) is 0.738. The third-order valence-corrected chi connectivity index (χ3v) is 12.2. The van der Waals surface area contributed by atoms with Crippen molar-refractivity contribution in [2.24, 2.45) is 17.3 Å². The number of carbonyl (C=O) groups excluding carboxylic acids is 1. The summed E-state index contributed by atoms with van der Waals surface area (Å²) in [6, 6.07) is 0. The molecular weight excluding hydrogens is 696 g/mol. The van der Waals surface area contributed by atoms with Crippen molar-refractivity contribution < 1.29 is 59.5 Å². The number of fused-ring (bicyclic) bond motifs is 1. The average Bonchev–Trinajstić information content (AvgIpc) is 3.52. The summed E-state index contributed by atoms with van der Waals surface area (Å²) in [4.78, 5) is 14.3. The highest BCUT2D eigenvalue weighted by atomic mass is 16.7. The summed E-state index contributed by atoms with van der Waals surface area (Å²) in [5.74, 6) is -1.16. The SMILES string of the molecule is C=C1C2CCCC2(C)C(=O)C(C=C(C)C(O)CC=C(C)C)C1(O)CC=C(C)C(CC=C(C)C)OC1OC(C)C(OC2OC(C)C(O)C(O)C2O)C(O)C1O. The second-order valence-electron chi connectivity index (χ2n) is 16.9. The number of ether oxygens (including phenoxy) is 4. The molecule has 0 amide bonds. The van der Waals surface area contributed by atoms with Crippen LogP contribution >= 0.6 is 0 Å². The molecule has 0 spiro atoms. The van der Waals surface area contributed by atoms with Crippen molar-refractivity contribution in [3.8, 4) is 0 Å². The van der Waals surface area contributed by atoms with Crippen molar-refractivity contribution in [2.45, 2.75) is 180 Å². The van der Waals surface area contributed by atoms with Crippen LogP contribution < -0.4 is 0 Å². The van der Waals surface area contributed by atoms with Gasteiger partial charge in [-0.1, -0.05) is 55.4 Å². The predicted molar refractivity (Wildman–Crippen MR) is 203 cm³/mol. The summed E-state index contributed by atoms with van der Waals surface area (Å²) in [6.45, 7) is 20.9. The molecule has 12 nitrogen and oxygen atoms in total. The van der Waals surface area contributed by atoms with Crippen LogP contribution in [0.2, 0.25) is 0 Å². The predicted octanol–water partition coefficient (Wildman–Crippen LogP) is 3.70. The van der Waals surface area contributed by atoms with Gasteiger partial charge in [-0.3, -0.25) is 4.79 Å². The Morgan fingerprint density at radius 2 is 1.44 bits per heavy atom. The molecule has 4 aliphatic rings. The van der Waals surface area contributed by atoms with Crippen LogP contribution in [0.15, 0.2) is 58.7 Å². The molecule has 0 aromatic heterocycles. The Kier molecular flexibility index (Phi) is 14.9. The van der Waals surface area contributed by atoms with E-state index in [4.69, 9.17) is 18.9 Å². The highest BCUT2D eigenvalue weighted by Crippen LogP contribution is 2.58. The second kappa shape index (κ2) is 18.0. The van der Waals surface area contributed by atoms with E-state index in [9.17, 15) is 40.5 Å². The molecule has 16 atom stereocenters. The maximum atomic E-state index is 14.3. The minimum absolute atomic E-state index is 0.0505. The van der Waals surface area contributed by atoms with E-state index in [0.717, 1.165) is 24.0 Å². The minimum atomic E-state index is -1.63. The average molecular weight is 763 g/mol. The molecule has 54 heavy (non-hydrogen) atoms. The molecule has 16 unspecified atom stereocenters. The number of hydrogen-bond donors (Lipinski definition) is 7. The molecular formula is C42H66O12. The molecule has 306 valence electrons. The van der Waals surface area contributed by atoms with Crippen molar-refractivity contribution >= 4 is 5.78 Å². The molecule has 2 saturated heterocycles. The lowest BCUT2D eigenvalue weighted by Gasteiger charge is -2.49. The second-order valence-corrected chi connectivity index (χ2v) is 16.9. The molecule has 0 bridgehead atoms. The molecule has 2 aliphatic carbocycles. The Hall–Kier alpha value is -2.07. The van der Waals surface area contributed by atoms with Gasteiger partial charge in [0.15, 0.2) is 12.6 Å². The first-order chi connectivity index (χ1) is 25.1. The normalized spacial score (nSPS) is 41.6. The van der Waals surface area contributed by atoms with Crippen molar-refractivity contribution in [2.75, 3.05) is 0 Å². The van der Waals surface area contributed by atoms with Gasteiger partial charge in [-0.05, 0) is 110 Å². The number of rotatable bonds is 13. The topological polar surface area (TPSA) is 196 Å². The van der Waals surface area contributed by atoms with Crippen molar-refractivity contribution in [3.63, 3.8) is 0 Å². The molecule has 7 N–H and O–H groups in total. The first-order valence-electron chi connectivity index (χ1n) is 19.4. The van der Waals surface area contributed by atoms with Gasteiger partial charge in [0.25, 0.3) is 0 Å². The third-order valence-electron chi connectivity index (χ3n) is 12.2. The lowest BCUT2D eigenvalue weighted by Crippen LogP contribution is -2.63. The molecule has 2 saturated carbocycles. The smallest absolute Gasteiger partial charge is 0.187 e. The molecule has 2 heterocycles. The maximum Gasteiger partial charge on any atom is 0.187 e. The zero-order valence-electron chi connectivity index (χ0n) is 33.5. The molecule has 4 fully saturated rings. The zero-order chi connectivity index (χ0) is 40.4. The van der Waals surface area contributed by atoms with Crippen LogP contribution in [-0.4, -0.2) is 121 Å². The Labute approximate surface area is 320 Å². The van der Waals surface area contributed by atoms with E-state index in [1.165, 1.54) is 6.92 Å². The van der Waals surface area contributed by atoms with Gasteiger partial charge < -0.3 is 54.7 Å². The van der Waals surface area contributed by atoms with E-state index in [1.807, 2.05) is 59.8 Å². The molecule has 12 heteroatoms. The Morgan fingerprint density at radius 3 is 2.07 bits per heavy atom. The number of aliphatic hydroxyl groups is 7. The van der Waals surface area contributed by atoms with Gasteiger partial charge in [-0.25, -0.2) is 0 Å². The van der Waals surface area contributed by atoms with Crippen LogP contribution in [0.25, 0.3) is 0 Å². The number of carbonyl (C=O) groups is 1. The fourth-order valence-electron chi connectivity index (χ4n) is 8.36. The third kappa shape index (κ3) is 9.37. The Morgan fingerprint density at radius 1 is 0.852 bits per heavy atom. The van der Waals surface area contributed by atoms with E-state index < -0.39 is 90.6 Å². The Bertz CT molecular complexity index is 1460. The molecule has 0 aromatic rings. The number of allylic oxidation sites excluding steroid dienone is 2. The highest BCUT2D eigenvalue weighted by Gasteiger charge is 2.60. The van der Waals surface area contributed by atoms with Crippen LogP contribution in [0, 0.1) is 17.3 Å². The molecule has 4 rings (SSSR count). The summed E-state index contributed by atoms with van der Waals surface area (Å²) in [5.41, 5.74) is 1.72. The molecule has 2 aliphatic heterocycles. The lowest BCUT2D eigenvalue weighted by atomic mass is 9.55. The van der Waals surface area contributed by atoms with Crippen LogP contribution in [0.1, 0.15) is 101 Å². The highest BCUT2D eigenvalue weighted by molar-refractivity contribution is 5.92. The van der Waals surface area contributed by atoms with Gasteiger partial charge in [0.2, 0.25) is 0 Å². The van der Waals surface area contributed by atoms with Crippen molar-refractivity contribution in [3.05, 3.63) is 58.7 Å². The number of hydrogen-bond acceptors (Lipinski definition) is 12. The van der Waals surface area contributed by atoms with Gasteiger partial charge in [-0.15, -0.1) is 0 Å². The first-order valence-corrected chi connectivity index (χ1v) is 19.4. The van der Waals surface area contributed by atoms with Gasteiger partial charge in [0.05, 0.1) is 30.3 Å². The molecule has 0 radical (unpaired) electrons. The summed E-state index contributed by atoms with van der Waals surface area (Å²) in [6.07, 6.45) is -4.10. The van der Waals surface area contributed by atoms with Crippen molar-refractivity contribution in [1.29, 1.82) is 0 Å². The summed E-state index contributed by atoms with van der Waals surface area (Å²) in [5, 5.41) is 76.7. The standard InChI is InChI=1S/C42H66O12/c1-21(2)13-15-30(43)24(6)20-29-38(49)41(10)18-11-12-28(41)25(7)42(29,50)19-17-23(5)31(16-14-22(3)4)53-39-36(48)34(46)37(27(9)52-39)54-40-35(47)33(45)32(44)26(8)51-40/h13-14,17,20,26-37,39-40,43-48,50H,7,11-12,15-16,18-19H2,1-6,8-10H3. The van der Waals surface area contributed by atoms with Crippen LogP contribution in [0.5, 0.6) is 0 Å². The fourth-order valence-corrected chi connectivity index (χ4v) is 8.36. The van der Waals surface area contributed by atoms with Gasteiger partial charge >= 0.3 is 0 Å². The van der Waals surface area contributed by atoms with E-state index in [-0.39, 0.29) is 18.1 Å². The van der Waals surface area contributed by atoms with Crippen LogP contribution in [0.3, 0.4) is 0 Å². The summed E-state index contributed by atoms with van der Waals surface area (Å²) in [7, 11) is 0. The summed E-state index contributed by atoms with van der Waals surface area (Å²) >= 11 is 0. The number of ketones is 1. The zero-order valence-corrected chi connectivity index (χ0v) is 33.5. The van der Waals surface area contributed by atoms with E-state index >= 15 is 0 Å². The largest absolute Gasteiger partial charge is 0.388 e. The Balaban J connectivity index is 1.58. The first kappa shape index (κ1) is 44.6. The van der Waals surface area contributed by atoms with Gasteiger partial charge in [0.1, 0.15) is 48.0 Å². The number of aliphatic hydroxyl groups excluding tert-OH is 6. The van der Waals surface area contributed by atoms with Gasteiger partial charge in [-0.2, -0.15) is 0 Å². The van der Waals surface area contributed by atoms with Crippen molar-refractivity contribution in [1.82, 2.24) is 0 Å². The van der Waals surface area contributed by atoms with Gasteiger partial charge in [0, 0.05) is 5.41 Å². The van der Waals surface area contributed by atoms with E-state index in [1.54, 1.807) is 19.9 Å². The van der Waals surface area contributed by atoms with Crippen LogP contribution in [-0.2, 0) is 23.7 Å². The van der Waals surface area contributed by atoms with Crippen LogP contribution in [0.4, 0.5) is 0 Å². The number of Topliss-reactive ketones (excluding diaryl/α,β-unsaturated/α-hetero) is 1. The maximum absolute atomic E-state index is 14.3. The molecule has 0 aromatic carbocycles. The van der Waals surface area contributed by atoms with E-state index in [2.05, 4.69) is 6.58 Å². The monoisotopic (exact) mass is 762 g/mol. The quantitative estimate of drug-likeness (QED) is 0.135. The van der Waals surface area contributed by atoms with E-state index in [0.29, 0.717) is 36.0 Å². The lowest BCUT2D eigenvalue weighted by molar-refractivity contribution is -0.354. The minimum Gasteiger partial charge on any atom is -0.388 e. The summed E-state index contributed by atoms with van der Waals surface area (Å²) < 4.78 is 23.8.